The van der Waals surface area contributed by atoms with E-state index in [1.54, 1.807) is 6.20 Å². The van der Waals surface area contributed by atoms with Crippen molar-refractivity contribution in [3.63, 3.8) is 0 Å². The van der Waals surface area contributed by atoms with E-state index in [0.29, 0.717) is 0 Å². The lowest BCUT2D eigenvalue weighted by molar-refractivity contribution is 0.133. The van der Waals surface area contributed by atoms with Gasteiger partial charge in [0.05, 0.1) is 11.4 Å². The number of piperidine rings is 1. The Kier molecular flexibility index (Phi) is 4.17. The third-order valence-corrected chi connectivity index (χ3v) is 4.99. The van der Waals surface area contributed by atoms with Crippen LogP contribution in [0.2, 0.25) is 0 Å². The molecule has 1 aliphatic heterocycles. The summed E-state index contributed by atoms with van der Waals surface area (Å²) in [6.45, 7) is 7.83. The van der Waals surface area contributed by atoms with Crippen LogP contribution in [0.5, 0.6) is 0 Å². The van der Waals surface area contributed by atoms with Crippen LogP contribution in [0, 0.1) is 11.8 Å². The SMILES string of the molecule is CC1CC(C)CN(Cc2c(-c3cccnc3)nc3ccc(N)cn23)C1. The average molecular weight is 335 g/mol. The van der Waals surface area contributed by atoms with Gasteiger partial charge < -0.3 is 10.1 Å². The number of nitrogens with zero attached hydrogens (tertiary/aromatic N) is 4. The molecule has 5 heteroatoms. The number of nitrogen functional groups attached to an aromatic ring is 1. The Morgan fingerprint density at radius 3 is 2.68 bits per heavy atom. The smallest absolute Gasteiger partial charge is 0.137 e. The number of fused-ring (bicyclic) bond motifs is 1. The summed E-state index contributed by atoms with van der Waals surface area (Å²) in [7, 11) is 0. The Bertz CT molecular complexity index is 860. The van der Waals surface area contributed by atoms with Gasteiger partial charge in [0.25, 0.3) is 0 Å². The summed E-state index contributed by atoms with van der Waals surface area (Å²) in [5.41, 5.74) is 11.0. The fourth-order valence-electron chi connectivity index (χ4n) is 4.13. The van der Waals surface area contributed by atoms with Crippen LogP contribution in [0.25, 0.3) is 16.9 Å². The van der Waals surface area contributed by atoms with Gasteiger partial charge in [0.1, 0.15) is 5.65 Å². The van der Waals surface area contributed by atoms with Crippen LogP contribution in [0.15, 0.2) is 42.9 Å². The van der Waals surface area contributed by atoms with E-state index < -0.39 is 0 Å². The fourth-order valence-corrected chi connectivity index (χ4v) is 4.13. The summed E-state index contributed by atoms with van der Waals surface area (Å²) in [5, 5.41) is 0. The zero-order valence-electron chi connectivity index (χ0n) is 14.9. The summed E-state index contributed by atoms with van der Waals surface area (Å²) in [6.07, 6.45) is 6.97. The standard InChI is InChI=1S/C20H25N5/c1-14-8-15(2)11-24(10-14)13-18-20(16-4-3-7-22-9-16)23-19-6-5-17(21)12-25(18)19/h3-7,9,12,14-15H,8,10-11,13,21H2,1-2H3. The number of rotatable bonds is 3. The average Bonchev–Trinajstić information content (AvgIpc) is 2.93. The molecule has 1 saturated heterocycles. The largest absolute Gasteiger partial charge is 0.398 e. The van der Waals surface area contributed by atoms with Crippen LogP contribution >= 0.6 is 0 Å². The van der Waals surface area contributed by atoms with Gasteiger partial charge in [-0.3, -0.25) is 9.88 Å². The molecule has 3 aromatic heterocycles. The monoisotopic (exact) mass is 335 g/mol. The maximum Gasteiger partial charge on any atom is 0.137 e. The molecule has 1 aliphatic rings. The number of hydrogen-bond donors (Lipinski definition) is 1. The van der Waals surface area contributed by atoms with E-state index in [4.69, 9.17) is 10.7 Å². The molecule has 4 rings (SSSR count). The first-order valence-electron chi connectivity index (χ1n) is 8.99. The van der Waals surface area contributed by atoms with Crippen LogP contribution < -0.4 is 5.73 Å². The van der Waals surface area contributed by atoms with Crippen molar-refractivity contribution in [2.24, 2.45) is 11.8 Å². The molecule has 0 bridgehead atoms. The highest BCUT2D eigenvalue weighted by Crippen LogP contribution is 2.28. The number of pyridine rings is 2. The van der Waals surface area contributed by atoms with Crippen molar-refractivity contribution < 1.29 is 0 Å². The Morgan fingerprint density at radius 2 is 1.96 bits per heavy atom. The first-order chi connectivity index (χ1) is 12.1. The quantitative estimate of drug-likeness (QED) is 0.796. The van der Waals surface area contributed by atoms with Gasteiger partial charge in [0, 0.05) is 49.5 Å². The normalized spacial score (nSPS) is 21.7. The third-order valence-electron chi connectivity index (χ3n) is 4.99. The predicted octanol–water partition coefficient (Wildman–Crippen LogP) is 3.46. The van der Waals surface area contributed by atoms with Gasteiger partial charge >= 0.3 is 0 Å². The second kappa shape index (κ2) is 6.48. The van der Waals surface area contributed by atoms with Crippen LogP contribution in [-0.2, 0) is 6.54 Å². The van der Waals surface area contributed by atoms with Gasteiger partial charge in [-0.2, -0.15) is 0 Å². The highest BCUT2D eigenvalue weighted by molar-refractivity contribution is 5.66. The van der Waals surface area contributed by atoms with Crippen molar-refractivity contribution in [3.05, 3.63) is 48.5 Å². The van der Waals surface area contributed by atoms with Crippen LogP contribution in [-0.4, -0.2) is 32.4 Å². The van der Waals surface area contributed by atoms with Gasteiger partial charge in [-0.25, -0.2) is 4.98 Å². The van der Waals surface area contributed by atoms with Gasteiger partial charge in [0.15, 0.2) is 0 Å². The highest BCUT2D eigenvalue weighted by atomic mass is 15.2. The van der Waals surface area contributed by atoms with Crippen molar-refractivity contribution in [1.82, 2.24) is 19.3 Å². The second-order valence-corrected chi connectivity index (χ2v) is 7.48. The molecule has 0 aromatic carbocycles. The highest BCUT2D eigenvalue weighted by Gasteiger charge is 2.24. The van der Waals surface area contributed by atoms with Crippen molar-refractivity contribution in [2.45, 2.75) is 26.8 Å². The summed E-state index contributed by atoms with van der Waals surface area (Å²) >= 11 is 0. The number of aromatic nitrogens is 3. The zero-order chi connectivity index (χ0) is 17.4. The van der Waals surface area contributed by atoms with E-state index in [0.717, 1.165) is 54.1 Å². The van der Waals surface area contributed by atoms with Gasteiger partial charge in [-0.05, 0) is 42.5 Å². The van der Waals surface area contributed by atoms with Crippen LogP contribution in [0.4, 0.5) is 5.69 Å². The molecule has 2 atom stereocenters. The van der Waals surface area contributed by atoms with Crippen LogP contribution in [0.3, 0.4) is 0 Å². The third kappa shape index (κ3) is 3.24. The van der Waals surface area contributed by atoms with Gasteiger partial charge in [0.2, 0.25) is 0 Å². The van der Waals surface area contributed by atoms with E-state index in [1.165, 1.54) is 12.1 Å². The lowest BCUT2D eigenvalue weighted by Crippen LogP contribution is -2.38. The minimum Gasteiger partial charge on any atom is -0.398 e. The zero-order valence-corrected chi connectivity index (χ0v) is 14.9. The van der Waals surface area contributed by atoms with Crippen molar-refractivity contribution >= 4 is 11.3 Å². The first-order valence-corrected chi connectivity index (χ1v) is 8.99. The van der Waals surface area contributed by atoms with Gasteiger partial charge in [-0.15, -0.1) is 0 Å². The summed E-state index contributed by atoms with van der Waals surface area (Å²) in [5.74, 6) is 1.46. The molecular formula is C20H25N5. The molecule has 2 N–H and O–H groups in total. The fraction of sp³-hybridized carbons (Fsp3) is 0.400. The Balaban J connectivity index is 1.78. The summed E-state index contributed by atoms with van der Waals surface area (Å²) < 4.78 is 2.14. The van der Waals surface area contributed by atoms with E-state index in [9.17, 15) is 0 Å². The minimum absolute atomic E-state index is 0.731. The molecule has 2 unspecified atom stereocenters. The summed E-state index contributed by atoms with van der Waals surface area (Å²) in [4.78, 5) is 11.7. The number of likely N-dealkylation sites (tertiary alicyclic amines) is 1. The van der Waals surface area contributed by atoms with Crippen molar-refractivity contribution in [1.29, 1.82) is 0 Å². The van der Waals surface area contributed by atoms with Crippen molar-refractivity contribution in [2.75, 3.05) is 18.8 Å². The molecule has 25 heavy (non-hydrogen) atoms. The number of imidazole rings is 1. The van der Waals surface area contributed by atoms with E-state index in [-0.39, 0.29) is 0 Å². The molecule has 0 aliphatic carbocycles. The Labute approximate surface area is 148 Å². The Morgan fingerprint density at radius 1 is 1.16 bits per heavy atom. The molecule has 5 nitrogen and oxygen atoms in total. The molecule has 4 heterocycles. The van der Waals surface area contributed by atoms with E-state index in [1.807, 2.05) is 30.6 Å². The maximum atomic E-state index is 6.04. The first kappa shape index (κ1) is 16.1. The molecule has 130 valence electrons. The topological polar surface area (TPSA) is 59.5 Å². The number of hydrogen-bond acceptors (Lipinski definition) is 4. The molecular weight excluding hydrogens is 310 g/mol. The molecule has 1 fully saturated rings. The predicted molar refractivity (Wildman–Crippen MR) is 101 cm³/mol. The Hall–Kier alpha value is -2.40. The van der Waals surface area contributed by atoms with Crippen molar-refractivity contribution in [3.8, 4) is 11.3 Å². The minimum atomic E-state index is 0.731. The lowest BCUT2D eigenvalue weighted by Gasteiger charge is -2.35. The molecule has 0 radical (unpaired) electrons. The molecule has 3 aromatic rings. The number of anilines is 1. The summed E-state index contributed by atoms with van der Waals surface area (Å²) in [6, 6.07) is 7.93. The lowest BCUT2D eigenvalue weighted by atomic mass is 9.92. The van der Waals surface area contributed by atoms with E-state index >= 15 is 0 Å². The maximum absolute atomic E-state index is 6.04. The molecule has 0 spiro atoms. The molecule has 0 saturated carbocycles. The van der Waals surface area contributed by atoms with Crippen LogP contribution in [0.1, 0.15) is 26.0 Å². The molecule has 0 amide bonds. The second-order valence-electron chi connectivity index (χ2n) is 7.48. The van der Waals surface area contributed by atoms with E-state index in [2.05, 4.69) is 34.2 Å². The van der Waals surface area contributed by atoms with Gasteiger partial charge in [-0.1, -0.05) is 13.8 Å². The number of nitrogens with two attached hydrogens (primary N) is 1.